The lowest BCUT2D eigenvalue weighted by Crippen LogP contribution is -2.37. The van der Waals surface area contributed by atoms with Gasteiger partial charge in [-0.15, -0.1) is 0 Å². The highest BCUT2D eigenvalue weighted by atomic mass is 16.5. The fourth-order valence-corrected chi connectivity index (χ4v) is 1.75. The van der Waals surface area contributed by atoms with E-state index in [2.05, 4.69) is 13.8 Å². The van der Waals surface area contributed by atoms with Crippen molar-refractivity contribution in [3.05, 3.63) is 0 Å². The lowest BCUT2D eigenvalue weighted by molar-refractivity contribution is -0.0406. The fourth-order valence-electron chi connectivity index (χ4n) is 1.75. The van der Waals surface area contributed by atoms with Gasteiger partial charge in [0.2, 0.25) is 0 Å². The molecule has 1 N–H and O–H groups in total. The number of rotatable bonds is 2. The third-order valence-corrected chi connectivity index (χ3v) is 2.42. The van der Waals surface area contributed by atoms with E-state index in [1.54, 1.807) is 0 Å². The van der Waals surface area contributed by atoms with Crippen LogP contribution in [0.2, 0.25) is 0 Å². The average molecular weight is 158 g/mol. The minimum Gasteiger partial charge on any atom is -0.387 e. The molecule has 1 fully saturated rings. The summed E-state index contributed by atoms with van der Waals surface area (Å²) in [4.78, 5) is 0. The smallest absolute Gasteiger partial charge is 0.0929 e. The van der Waals surface area contributed by atoms with Crippen LogP contribution in [-0.4, -0.2) is 23.4 Å². The Bertz CT molecular complexity index is 134. The lowest BCUT2D eigenvalue weighted by atomic mass is 9.87. The Labute approximate surface area is 68.6 Å². The minimum atomic E-state index is -0.547. The highest BCUT2D eigenvalue weighted by Gasteiger charge is 2.39. The van der Waals surface area contributed by atoms with Gasteiger partial charge in [-0.3, -0.25) is 0 Å². The van der Waals surface area contributed by atoms with Crippen molar-refractivity contribution in [1.29, 1.82) is 0 Å². The van der Waals surface area contributed by atoms with Crippen LogP contribution in [-0.2, 0) is 4.74 Å². The van der Waals surface area contributed by atoms with Gasteiger partial charge in [-0.05, 0) is 19.3 Å². The van der Waals surface area contributed by atoms with Crippen LogP contribution in [0.1, 0.15) is 33.6 Å². The summed E-state index contributed by atoms with van der Waals surface area (Å²) >= 11 is 0. The van der Waals surface area contributed by atoms with Crippen LogP contribution in [0.25, 0.3) is 0 Å². The molecule has 2 atom stereocenters. The van der Waals surface area contributed by atoms with Crippen molar-refractivity contribution in [1.82, 2.24) is 0 Å². The van der Waals surface area contributed by atoms with Gasteiger partial charge in [0.25, 0.3) is 0 Å². The third-order valence-electron chi connectivity index (χ3n) is 2.42. The first-order valence-electron chi connectivity index (χ1n) is 4.38. The number of ether oxygens (including phenoxy) is 1. The van der Waals surface area contributed by atoms with Gasteiger partial charge >= 0.3 is 0 Å². The quantitative estimate of drug-likeness (QED) is 0.661. The summed E-state index contributed by atoms with van der Waals surface area (Å²) in [7, 11) is 0. The van der Waals surface area contributed by atoms with Crippen molar-refractivity contribution in [2.45, 2.75) is 45.3 Å². The second-order valence-corrected chi connectivity index (χ2v) is 3.96. The Morgan fingerprint density at radius 1 is 1.64 bits per heavy atom. The Hall–Kier alpha value is -0.0800. The predicted molar refractivity (Wildman–Crippen MR) is 44.4 cm³/mol. The maximum absolute atomic E-state index is 10.0. The molecule has 0 aromatic carbocycles. The molecule has 1 aliphatic rings. The van der Waals surface area contributed by atoms with Gasteiger partial charge in [0.05, 0.1) is 11.7 Å². The maximum atomic E-state index is 10.0. The van der Waals surface area contributed by atoms with Crippen LogP contribution in [0.4, 0.5) is 0 Å². The Morgan fingerprint density at radius 2 is 2.27 bits per heavy atom. The fraction of sp³-hybridized carbons (Fsp3) is 1.00. The second-order valence-electron chi connectivity index (χ2n) is 3.96. The lowest BCUT2D eigenvalue weighted by Gasteiger charge is -2.27. The van der Waals surface area contributed by atoms with Gasteiger partial charge in [0.1, 0.15) is 0 Å². The summed E-state index contributed by atoms with van der Waals surface area (Å²) in [6.45, 7) is 6.92. The van der Waals surface area contributed by atoms with E-state index < -0.39 is 5.60 Å². The first-order chi connectivity index (χ1) is 5.04. The van der Waals surface area contributed by atoms with Crippen molar-refractivity contribution in [3.8, 4) is 0 Å². The van der Waals surface area contributed by atoms with E-state index >= 15 is 0 Å². The van der Waals surface area contributed by atoms with Crippen LogP contribution < -0.4 is 0 Å². The van der Waals surface area contributed by atoms with Crippen molar-refractivity contribution < 1.29 is 9.84 Å². The maximum Gasteiger partial charge on any atom is 0.0929 e. The molecule has 0 saturated carbocycles. The van der Waals surface area contributed by atoms with Gasteiger partial charge in [0.15, 0.2) is 0 Å². The molecule has 0 bridgehead atoms. The molecule has 11 heavy (non-hydrogen) atoms. The molecule has 1 heterocycles. The molecule has 2 nitrogen and oxygen atoms in total. The van der Waals surface area contributed by atoms with Crippen molar-refractivity contribution in [2.24, 2.45) is 5.92 Å². The zero-order chi connectivity index (χ0) is 8.48. The summed E-state index contributed by atoms with van der Waals surface area (Å²) in [5, 5.41) is 10.0. The molecule has 0 radical (unpaired) electrons. The SMILES string of the molecule is CC(C)CC1(O)CCOC1C. The molecule has 0 aromatic rings. The molecular weight excluding hydrogens is 140 g/mol. The van der Waals surface area contributed by atoms with E-state index in [0.29, 0.717) is 12.5 Å². The third kappa shape index (κ3) is 1.94. The Morgan fingerprint density at radius 3 is 2.64 bits per heavy atom. The summed E-state index contributed by atoms with van der Waals surface area (Å²) in [6.07, 6.45) is 1.67. The molecule has 0 aliphatic carbocycles. The Kier molecular flexibility index (Phi) is 2.55. The van der Waals surface area contributed by atoms with Crippen molar-refractivity contribution >= 4 is 0 Å². The van der Waals surface area contributed by atoms with Gasteiger partial charge in [-0.2, -0.15) is 0 Å². The van der Waals surface area contributed by atoms with Crippen LogP contribution in [0, 0.1) is 5.92 Å². The number of hydrogen-bond donors (Lipinski definition) is 1. The topological polar surface area (TPSA) is 29.5 Å². The Balaban J connectivity index is 2.51. The van der Waals surface area contributed by atoms with E-state index in [0.717, 1.165) is 12.8 Å². The first-order valence-corrected chi connectivity index (χ1v) is 4.38. The predicted octanol–water partition coefficient (Wildman–Crippen LogP) is 1.57. The van der Waals surface area contributed by atoms with Gasteiger partial charge in [-0.1, -0.05) is 13.8 Å². The van der Waals surface area contributed by atoms with Crippen molar-refractivity contribution in [2.75, 3.05) is 6.61 Å². The normalized spacial score (nSPS) is 38.5. The second kappa shape index (κ2) is 3.11. The van der Waals surface area contributed by atoms with E-state index in [1.165, 1.54) is 0 Å². The molecule has 1 aliphatic heterocycles. The summed E-state index contributed by atoms with van der Waals surface area (Å²) in [6, 6.07) is 0. The molecule has 0 spiro atoms. The average Bonchev–Trinajstić information content (AvgIpc) is 2.11. The minimum absolute atomic E-state index is 0.0184. The standard InChI is InChI=1S/C9H18O2/c1-7(2)6-9(10)4-5-11-8(9)3/h7-8,10H,4-6H2,1-3H3. The van der Waals surface area contributed by atoms with E-state index in [9.17, 15) is 5.11 Å². The van der Waals surface area contributed by atoms with Crippen LogP contribution in [0.5, 0.6) is 0 Å². The molecule has 2 unspecified atom stereocenters. The largest absolute Gasteiger partial charge is 0.387 e. The molecule has 0 aromatic heterocycles. The van der Waals surface area contributed by atoms with Gasteiger partial charge in [0, 0.05) is 13.0 Å². The number of aliphatic hydroxyl groups is 1. The zero-order valence-electron chi connectivity index (χ0n) is 7.63. The first kappa shape index (κ1) is 9.01. The highest BCUT2D eigenvalue weighted by molar-refractivity contribution is 4.90. The van der Waals surface area contributed by atoms with Crippen LogP contribution >= 0.6 is 0 Å². The molecule has 1 saturated heterocycles. The monoisotopic (exact) mass is 158 g/mol. The van der Waals surface area contributed by atoms with Crippen LogP contribution in [0.15, 0.2) is 0 Å². The molecule has 2 heteroatoms. The summed E-state index contributed by atoms with van der Waals surface area (Å²) in [5.74, 6) is 0.546. The molecular formula is C9H18O2. The van der Waals surface area contributed by atoms with Gasteiger partial charge in [-0.25, -0.2) is 0 Å². The van der Waals surface area contributed by atoms with Gasteiger partial charge < -0.3 is 9.84 Å². The highest BCUT2D eigenvalue weighted by Crippen LogP contribution is 2.31. The molecule has 0 amide bonds. The molecule has 66 valence electrons. The van der Waals surface area contributed by atoms with E-state index in [-0.39, 0.29) is 6.10 Å². The zero-order valence-corrected chi connectivity index (χ0v) is 7.63. The number of hydrogen-bond acceptors (Lipinski definition) is 2. The van der Waals surface area contributed by atoms with E-state index in [4.69, 9.17) is 4.74 Å². The van der Waals surface area contributed by atoms with E-state index in [1.807, 2.05) is 6.92 Å². The summed E-state index contributed by atoms with van der Waals surface area (Å²) in [5.41, 5.74) is -0.547. The van der Waals surface area contributed by atoms with Crippen LogP contribution in [0.3, 0.4) is 0 Å². The summed E-state index contributed by atoms with van der Waals surface area (Å²) < 4.78 is 5.32. The molecule has 1 rings (SSSR count). The van der Waals surface area contributed by atoms with Crippen molar-refractivity contribution in [3.63, 3.8) is 0 Å².